The first-order chi connectivity index (χ1) is 16.8. The minimum absolute atomic E-state index is 0.156. The van der Waals surface area contributed by atoms with E-state index >= 15 is 0 Å². The number of hydrogen-bond donors (Lipinski definition) is 2. The van der Waals surface area contributed by atoms with Gasteiger partial charge in [0.1, 0.15) is 11.8 Å². The van der Waals surface area contributed by atoms with Crippen molar-refractivity contribution in [1.29, 1.82) is 0 Å². The summed E-state index contributed by atoms with van der Waals surface area (Å²) in [5.74, 6) is -0.496. The first kappa shape index (κ1) is 26.0. The summed E-state index contributed by atoms with van der Waals surface area (Å²) in [5, 5.41) is 14.9. The number of carboxylic acids is 1. The number of rotatable bonds is 12. The fourth-order valence-corrected chi connectivity index (χ4v) is 4.51. The van der Waals surface area contributed by atoms with Gasteiger partial charge in [0, 0.05) is 29.6 Å². The number of methoxy groups -OCH3 is 1. The van der Waals surface area contributed by atoms with E-state index in [9.17, 15) is 14.7 Å². The number of aliphatic carboxylic acids is 1. The van der Waals surface area contributed by atoms with Crippen LogP contribution in [0.15, 0.2) is 66.6 Å². The molecular formula is C27H31N3O4S. The average molecular weight is 494 g/mol. The van der Waals surface area contributed by atoms with Crippen molar-refractivity contribution >= 4 is 28.3 Å². The minimum atomic E-state index is -1.03. The van der Waals surface area contributed by atoms with Gasteiger partial charge < -0.3 is 20.1 Å². The van der Waals surface area contributed by atoms with Gasteiger partial charge >= 0.3 is 5.97 Å². The van der Waals surface area contributed by atoms with Gasteiger partial charge in [-0.3, -0.25) is 4.79 Å². The number of anilines is 1. The second kappa shape index (κ2) is 12.2. The lowest BCUT2D eigenvalue weighted by atomic mass is 10.0. The van der Waals surface area contributed by atoms with Crippen molar-refractivity contribution in [3.05, 3.63) is 77.7 Å². The summed E-state index contributed by atoms with van der Waals surface area (Å²) in [6, 6.07) is 14.0. The molecule has 0 aliphatic carbocycles. The first-order valence-electron chi connectivity index (χ1n) is 11.4. The molecule has 1 aromatic heterocycles. The molecule has 35 heavy (non-hydrogen) atoms. The summed E-state index contributed by atoms with van der Waals surface area (Å²) in [6.45, 7) is 8.91. The highest BCUT2D eigenvalue weighted by Crippen LogP contribution is 2.33. The standard InChI is InChI=1S/C27H31N3O4S/c1-5-14-30(27-29-23(17-35-27)21-8-6-7-9-24(21)34-4)16-19-10-12-20(13-11-19)25(31)28-22(26(32)33)15-18(2)3/h5-13,17-18,22H,1,14-16H2,2-4H3,(H,28,31)(H,32,33). The van der Waals surface area contributed by atoms with Crippen LogP contribution in [0.4, 0.5) is 5.13 Å². The molecule has 2 aromatic carbocycles. The van der Waals surface area contributed by atoms with Gasteiger partial charge in [0.05, 0.1) is 12.8 Å². The third kappa shape index (κ3) is 6.93. The summed E-state index contributed by atoms with van der Waals surface area (Å²) in [7, 11) is 1.65. The van der Waals surface area contributed by atoms with Crippen LogP contribution in [0.2, 0.25) is 0 Å². The molecule has 0 fully saturated rings. The summed E-state index contributed by atoms with van der Waals surface area (Å²) < 4.78 is 5.47. The number of carbonyl (C=O) groups is 2. The van der Waals surface area contributed by atoms with E-state index in [1.54, 1.807) is 30.6 Å². The molecule has 0 bridgehead atoms. The van der Waals surface area contributed by atoms with Gasteiger partial charge in [-0.1, -0.05) is 44.2 Å². The third-order valence-corrected chi connectivity index (χ3v) is 6.30. The molecule has 1 heterocycles. The molecule has 0 aliphatic heterocycles. The summed E-state index contributed by atoms with van der Waals surface area (Å²) in [6.07, 6.45) is 2.20. The van der Waals surface area contributed by atoms with Crippen LogP contribution in [-0.2, 0) is 11.3 Å². The van der Waals surface area contributed by atoms with Gasteiger partial charge in [0.25, 0.3) is 5.91 Å². The van der Waals surface area contributed by atoms with Crippen molar-refractivity contribution in [2.45, 2.75) is 32.9 Å². The van der Waals surface area contributed by atoms with Crippen molar-refractivity contribution in [1.82, 2.24) is 10.3 Å². The molecule has 1 unspecified atom stereocenters. The highest BCUT2D eigenvalue weighted by atomic mass is 32.1. The number of hydrogen-bond acceptors (Lipinski definition) is 6. The normalized spacial score (nSPS) is 11.7. The SMILES string of the molecule is C=CCN(Cc1ccc(C(=O)NC(CC(C)C)C(=O)O)cc1)c1nc(-c2ccccc2OC)cs1. The van der Waals surface area contributed by atoms with Gasteiger partial charge in [-0.2, -0.15) is 0 Å². The Morgan fingerprint density at radius 3 is 2.54 bits per heavy atom. The van der Waals surface area contributed by atoms with Crippen LogP contribution in [0.1, 0.15) is 36.2 Å². The van der Waals surface area contributed by atoms with Gasteiger partial charge in [0.2, 0.25) is 0 Å². The molecule has 0 aliphatic rings. The zero-order chi connectivity index (χ0) is 25.4. The lowest BCUT2D eigenvalue weighted by Crippen LogP contribution is -2.41. The second-order valence-electron chi connectivity index (χ2n) is 8.58. The van der Waals surface area contributed by atoms with Crippen LogP contribution in [0.3, 0.4) is 0 Å². The van der Waals surface area contributed by atoms with Gasteiger partial charge in [0.15, 0.2) is 5.13 Å². The predicted octanol–water partition coefficient (Wildman–Crippen LogP) is 5.24. The number of amides is 1. The lowest BCUT2D eigenvalue weighted by molar-refractivity contribution is -0.139. The van der Waals surface area contributed by atoms with Crippen molar-refractivity contribution in [2.75, 3.05) is 18.6 Å². The van der Waals surface area contributed by atoms with Crippen LogP contribution >= 0.6 is 11.3 Å². The fraction of sp³-hybridized carbons (Fsp3) is 0.296. The average Bonchev–Trinajstić information content (AvgIpc) is 3.33. The quantitative estimate of drug-likeness (QED) is 0.335. The molecular weight excluding hydrogens is 462 g/mol. The van der Waals surface area contributed by atoms with Crippen LogP contribution < -0.4 is 15.0 Å². The van der Waals surface area contributed by atoms with E-state index in [0.29, 0.717) is 25.1 Å². The topological polar surface area (TPSA) is 91.8 Å². The fourth-order valence-electron chi connectivity index (χ4n) is 3.67. The Labute approximate surface area is 210 Å². The zero-order valence-electron chi connectivity index (χ0n) is 20.2. The molecule has 1 amide bonds. The number of nitrogens with one attached hydrogen (secondary N) is 1. The molecule has 0 radical (unpaired) electrons. The lowest BCUT2D eigenvalue weighted by Gasteiger charge is -2.20. The molecule has 2 N–H and O–H groups in total. The molecule has 0 saturated carbocycles. The summed E-state index contributed by atoms with van der Waals surface area (Å²) in [5.41, 5.74) is 3.20. The number of carboxylic acid groups (broad SMARTS) is 1. The maximum absolute atomic E-state index is 12.6. The molecule has 7 nitrogen and oxygen atoms in total. The minimum Gasteiger partial charge on any atom is -0.496 e. The van der Waals surface area contributed by atoms with Gasteiger partial charge in [-0.15, -0.1) is 17.9 Å². The summed E-state index contributed by atoms with van der Waals surface area (Å²) >= 11 is 1.54. The number of aromatic nitrogens is 1. The number of para-hydroxylation sites is 1. The van der Waals surface area contributed by atoms with E-state index in [4.69, 9.17) is 9.72 Å². The molecule has 1 atom stereocenters. The summed E-state index contributed by atoms with van der Waals surface area (Å²) in [4.78, 5) is 31.0. The van der Waals surface area contributed by atoms with Crippen molar-refractivity contribution < 1.29 is 19.4 Å². The largest absolute Gasteiger partial charge is 0.496 e. The van der Waals surface area contributed by atoms with Gasteiger partial charge in [-0.05, 0) is 42.2 Å². The smallest absolute Gasteiger partial charge is 0.326 e. The predicted molar refractivity (Wildman–Crippen MR) is 140 cm³/mol. The first-order valence-corrected chi connectivity index (χ1v) is 12.3. The highest BCUT2D eigenvalue weighted by Gasteiger charge is 2.22. The second-order valence-corrected chi connectivity index (χ2v) is 9.41. The molecule has 8 heteroatoms. The van der Waals surface area contributed by atoms with Crippen LogP contribution in [-0.4, -0.2) is 41.7 Å². The number of ether oxygens (including phenoxy) is 1. The maximum atomic E-state index is 12.6. The van der Waals surface area contributed by atoms with Crippen LogP contribution in [0.25, 0.3) is 11.3 Å². The molecule has 0 spiro atoms. The van der Waals surface area contributed by atoms with Gasteiger partial charge in [-0.25, -0.2) is 9.78 Å². The van der Waals surface area contributed by atoms with E-state index in [-0.39, 0.29) is 5.92 Å². The molecule has 3 rings (SSSR count). The van der Waals surface area contributed by atoms with Crippen LogP contribution in [0, 0.1) is 5.92 Å². The monoisotopic (exact) mass is 493 g/mol. The van der Waals surface area contributed by atoms with Crippen molar-refractivity contribution in [3.8, 4) is 17.0 Å². The maximum Gasteiger partial charge on any atom is 0.326 e. The Hall–Kier alpha value is -3.65. The van der Waals surface area contributed by atoms with E-state index in [0.717, 1.165) is 27.7 Å². The Morgan fingerprint density at radius 2 is 1.91 bits per heavy atom. The third-order valence-electron chi connectivity index (χ3n) is 5.40. The zero-order valence-corrected chi connectivity index (χ0v) is 21.0. The van der Waals surface area contributed by atoms with Crippen molar-refractivity contribution in [2.24, 2.45) is 5.92 Å². The van der Waals surface area contributed by atoms with Crippen LogP contribution in [0.5, 0.6) is 5.75 Å². The van der Waals surface area contributed by atoms with Crippen molar-refractivity contribution in [3.63, 3.8) is 0 Å². The van der Waals surface area contributed by atoms with E-state index in [1.807, 2.05) is 61.7 Å². The number of nitrogens with zero attached hydrogens (tertiary/aromatic N) is 2. The van der Waals surface area contributed by atoms with E-state index in [2.05, 4.69) is 16.8 Å². The number of benzene rings is 2. The Balaban J connectivity index is 1.72. The van der Waals surface area contributed by atoms with E-state index in [1.165, 1.54) is 0 Å². The Bertz CT molecular complexity index is 1160. The molecule has 0 saturated heterocycles. The Morgan fingerprint density at radius 1 is 1.20 bits per heavy atom. The Kier molecular flexibility index (Phi) is 9.03. The van der Waals surface area contributed by atoms with E-state index < -0.39 is 17.9 Å². The number of thiazole rings is 1. The molecule has 3 aromatic rings. The molecule has 184 valence electrons. The highest BCUT2D eigenvalue weighted by molar-refractivity contribution is 7.14. The number of carbonyl (C=O) groups excluding carboxylic acids is 1.